The Kier molecular flexibility index (Phi) is 3.57. The molecule has 2 aromatic rings. The van der Waals surface area contributed by atoms with Crippen molar-refractivity contribution in [3.63, 3.8) is 0 Å². The number of pyridine rings is 1. The number of nitrogens with zero attached hydrogens (tertiary/aromatic N) is 1. The lowest BCUT2D eigenvalue weighted by molar-refractivity contribution is 0.0690. The number of carbonyl (C=O) groups is 1. The lowest BCUT2D eigenvalue weighted by atomic mass is 10.1. The van der Waals surface area contributed by atoms with Crippen molar-refractivity contribution in [3.05, 3.63) is 48.3 Å². The molecule has 0 saturated heterocycles. The molecule has 0 radical (unpaired) electrons. The molecule has 4 heteroatoms. The lowest BCUT2D eigenvalue weighted by Gasteiger charge is -2.06. The van der Waals surface area contributed by atoms with Crippen molar-refractivity contribution in [1.29, 1.82) is 0 Å². The van der Waals surface area contributed by atoms with E-state index in [0.29, 0.717) is 6.61 Å². The number of ether oxygens (including phenoxy) is 1. The van der Waals surface area contributed by atoms with Gasteiger partial charge in [-0.25, -0.2) is 9.78 Å². The topological polar surface area (TPSA) is 59.4 Å². The summed E-state index contributed by atoms with van der Waals surface area (Å²) < 4.78 is 5.42. The first-order valence-electron chi connectivity index (χ1n) is 5.63. The summed E-state index contributed by atoms with van der Waals surface area (Å²) in [7, 11) is 0. The molecular weight excluding hydrogens is 230 g/mol. The first-order chi connectivity index (χ1) is 8.70. The van der Waals surface area contributed by atoms with Gasteiger partial charge in [0.15, 0.2) is 0 Å². The molecule has 0 saturated carbocycles. The number of aromatic carboxylic acids is 1. The average molecular weight is 243 g/mol. The molecule has 0 spiro atoms. The van der Waals surface area contributed by atoms with E-state index in [-0.39, 0.29) is 5.69 Å². The second-order valence-electron chi connectivity index (χ2n) is 3.70. The highest BCUT2D eigenvalue weighted by molar-refractivity contribution is 5.85. The van der Waals surface area contributed by atoms with E-state index in [9.17, 15) is 4.79 Å². The Balaban J connectivity index is 2.30. The molecule has 18 heavy (non-hydrogen) atoms. The summed E-state index contributed by atoms with van der Waals surface area (Å²) >= 11 is 0. The van der Waals surface area contributed by atoms with E-state index in [1.54, 1.807) is 12.3 Å². The Morgan fingerprint density at radius 1 is 1.28 bits per heavy atom. The van der Waals surface area contributed by atoms with Crippen LogP contribution >= 0.6 is 0 Å². The van der Waals surface area contributed by atoms with Gasteiger partial charge in [0, 0.05) is 11.8 Å². The van der Waals surface area contributed by atoms with Gasteiger partial charge in [0.05, 0.1) is 6.61 Å². The van der Waals surface area contributed by atoms with Crippen LogP contribution in [-0.4, -0.2) is 22.7 Å². The highest BCUT2D eigenvalue weighted by Gasteiger charge is 2.05. The number of hydrogen-bond acceptors (Lipinski definition) is 3. The molecule has 1 aromatic carbocycles. The third-order valence-electron chi connectivity index (χ3n) is 2.46. The number of aromatic nitrogens is 1. The van der Waals surface area contributed by atoms with Crippen LogP contribution in [0.2, 0.25) is 0 Å². The summed E-state index contributed by atoms with van der Waals surface area (Å²) in [5.41, 5.74) is 1.85. The van der Waals surface area contributed by atoms with Crippen molar-refractivity contribution in [2.24, 2.45) is 0 Å². The van der Waals surface area contributed by atoms with E-state index in [2.05, 4.69) is 4.98 Å². The predicted octanol–water partition coefficient (Wildman–Crippen LogP) is 2.85. The minimum Gasteiger partial charge on any atom is -0.494 e. The Labute approximate surface area is 105 Å². The highest BCUT2D eigenvalue weighted by atomic mass is 16.5. The van der Waals surface area contributed by atoms with E-state index < -0.39 is 5.97 Å². The number of benzene rings is 1. The molecule has 1 aromatic heterocycles. The van der Waals surface area contributed by atoms with Crippen molar-refractivity contribution in [1.82, 2.24) is 4.98 Å². The van der Waals surface area contributed by atoms with Crippen LogP contribution in [-0.2, 0) is 0 Å². The Bertz CT molecular complexity index is 549. The maximum Gasteiger partial charge on any atom is 0.354 e. The molecular formula is C14H13NO3. The van der Waals surface area contributed by atoms with Crippen LogP contribution < -0.4 is 4.74 Å². The van der Waals surface area contributed by atoms with E-state index in [0.717, 1.165) is 16.9 Å². The largest absolute Gasteiger partial charge is 0.494 e. The highest BCUT2D eigenvalue weighted by Crippen LogP contribution is 2.23. The van der Waals surface area contributed by atoms with Gasteiger partial charge in [-0.1, -0.05) is 18.2 Å². The van der Waals surface area contributed by atoms with Crippen molar-refractivity contribution in [2.75, 3.05) is 6.61 Å². The molecule has 0 bridgehead atoms. The van der Waals surface area contributed by atoms with Gasteiger partial charge in [-0.05, 0) is 30.7 Å². The van der Waals surface area contributed by atoms with Crippen LogP contribution in [0.25, 0.3) is 11.1 Å². The zero-order valence-electron chi connectivity index (χ0n) is 9.96. The maximum absolute atomic E-state index is 10.7. The van der Waals surface area contributed by atoms with Crippen LogP contribution in [0.1, 0.15) is 17.4 Å². The van der Waals surface area contributed by atoms with Gasteiger partial charge < -0.3 is 9.84 Å². The van der Waals surface area contributed by atoms with Crippen LogP contribution in [0.5, 0.6) is 5.75 Å². The lowest BCUT2D eigenvalue weighted by Crippen LogP contribution is -1.99. The normalized spacial score (nSPS) is 10.1. The number of carboxylic acid groups (broad SMARTS) is 1. The number of hydrogen-bond donors (Lipinski definition) is 1. The number of rotatable bonds is 4. The summed E-state index contributed by atoms with van der Waals surface area (Å²) in [4.78, 5) is 14.6. The summed E-state index contributed by atoms with van der Waals surface area (Å²) in [6, 6.07) is 10.8. The summed E-state index contributed by atoms with van der Waals surface area (Å²) in [5, 5.41) is 8.78. The second-order valence-corrected chi connectivity index (χ2v) is 3.70. The summed E-state index contributed by atoms with van der Waals surface area (Å²) in [6.07, 6.45) is 1.55. The van der Waals surface area contributed by atoms with E-state index >= 15 is 0 Å². The third kappa shape index (κ3) is 2.66. The minimum absolute atomic E-state index is 0.0414. The Morgan fingerprint density at radius 3 is 2.72 bits per heavy atom. The van der Waals surface area contributed by atoms with Gasteiger partial charge in [-0.3, -0.25) is 0 Å². The molecule has 0 unspecified atom stereocenters. The van der Waals surface area contributed by atoms with Crippen molar-refractivity contribution < 1.29 is 14.6 Å². The fraction of sp³-hybridized carbons (Fsp3) is 0.143. The molecule has 1 N–H and O–H groups in total. The van der Waals surface area contributed by atoms with Crippen molar-refractivity contribution in [3.8, 4) is 16.9 Å². The van der Waals surface area contributed by atoms with Gasteiger partial charge in [0.25, 0.3) is 0 Å². The predicted molar refractivity (Wildman–Crippen MR) is 67.8 cm³/mol. The first kappa shape index (κ1) is 12.1. The van der Waals surface area contributed by atoms with Gasteiger partial charge in [0.2, 0.25) is 0 Å². The van der Waals surface area contributed by atoms with Gasteiger partial charge >= 0.3 is 5.97 Å². The van der Waals surface area contributed by atoms with E-state index in [1.165, 1.54) is 6.07 Å². The smallest absolute Gasteiger partial charge is 0.354 e. The Hall–Kier alpha value is -2.36. The average Bonchev–Trinajstić information content (AvgIpc) is 2.39. The molecule has 2 rings (SSSR count). The van der Waals surface area contributed by atoms with Crippen LogP contribution in [0, 0.1) is 0 Å². The molecule has 0 aliphatic rings. The third-order valence-corrected chi connectivity index (χ3v) is 2.46. The molecule has 4 nitrogen and oxygen atoms in total. The summed E-state index contributed by atoms with van der Waals surface area (Å²) in [5.74, 6) is -0.234. The molecule has 0 atom stereocenters. The van der Waals surface area contributed by atoms with Crippen molar-refractivity contribution in [2.45, 2.75) is 6.92 Å². The van der Waals surface area contributed by atoms with Crippen LogP contribution in [0.4, 0.5) is 0 Å². The molecule has 1 heterocycles. The van der Waals surface area contributed by atoms with E-state index in [4.69, 9.17) is 9.84 Å². The van der Waals surface area contributed by atoms with Crippen LogP contribution in [0.15, 0.2) is 42.6 Å². The van der Waals surface area contributed by atoms with E-state index in [1.807, 2.05) is 31.2 Å². The van der Waals surface area contributed by atoms with Gasteiger partial charge in [-0.15, -0.1) is 0 Å². The fourth-order valence-corrected chi connectivity index (χ4v) is 1.62. The quantitative estimate of drug-likeness (QED) is 0.897. The molecule has 0 aliphatic carbocycles. The summed E-state index contributed by atoms with van der Waals surface area (Å²) in [6.45, 7) is 2.54. The first-order valence-corrected chi connectivity index (χ1v) is 5.63. The Morgan fingerprint density at radius 2 is 2.11 bits per heavy atom. The standard InChI is InChI=1S/C14H13NO3/c1-2-18-12-5-3-4-10(8-12)11-6-7-13(14(16)17)15-9-11/h3-9H,2H2,1H3,(H,16,17). The zero-order valence-corrected chi connectivity index (χ0v) is 9.96. The molecule has 0 aliphatic heterocycles. The fourth-order valence-electron chi connectivity index (χ4n) is 1.62. The molecule has 0 fully saturated rings. The SMILES string of the molecule is CCOc1cccc(-c2ccc(C(=O)O)nc2)c1. The van der Waals surface area contributed by atoms with Gasteiger partial charge in [-0.2, -0.15) is 0 Å². The zero-order chi connectivity index (χ0) is 13.0. The van der Waals surface area contributed by atoms with Crippen molar-refractivity contribution >= 4 is 5.97 Å². The minimum atomic E-state index is -1.02. The molecule has 92 valence electrons. The maximum atomic E-state index is 10.7. The molecule has 0 amide bonds. The monoisotopic (exact) mass is 243 g/mol. The number of carboxylic acids is 1. The van der Waals surface area contributed by atoms with Gasteiger partial charge in [0.1, 0.15) is 11.4 Å². The van der Waals surface area contributed by atoms with Crippen LogP contribution in [0.3, 0.4) is 0 Å². The second kappa shape index (κ2) is 5.31.